The fourth-order valence-corrected chi connectivity index (χ4v) is 4.27. The summed E-state index contributed by atoms with van der Waals surface area (Å²) in [6.07, 6.45) is 0. The van der Waals surface area contributed by atoms with Crippen LogP contribution in [0.25, 0.3) is 0 Å². The van der Waals surface area contributed by atoms with E-state index < -0.39 is 22.5 Å². The predicted molar refractivity (Wildman–Crippen MR) is 119 cm³/mol. The monoisotopic (exact) mass is 441 g/mol. The zero-order valence-electron chi connectivity index (χ0n) is 16.2. The molecule has 0 unspecified atom stereocenters. The molecule has 1 N–H and O–H groups in total. The van der Waals surface area contributed by atoms with Crippen molar-refractivity contribution in [2.45, 2.75) is 11.8 Å². The number of hydrogen-bond acceptors (Lipinski definition) is 4. The summed E-state index contributed by atoms with van der Waals surface area (Å²) in [6.45, 7) is 1.32. The van der Waals surface area contributed by atoms with Crippen LogP contribution in [0.3, 0.4) is 0 Å². The van der Waals surface area contributed by atoms with Gasteiger partial charge in [-0.25, -0.2) is 13.8 Å². The summed E-state index contributed by atoms with van der Waals surface area (Å²) >= 11 is 5.93. The Kier molecular flexibility index (Phi) is 6.87. The highest BCUT2D eigenvalue weighted by molar-refractivity contribution is 7.92. The lowest BCUT2D eigenvalue weighted by Crippen LogP contribution is -2.39. The molecule has 0 aliphatic rings. The van der Waals surface area contributed by atoms with Gasteiger partial charge in [-0.15, -0.1) is 0 Å². The summed E-state index contributed by atoms with van der Waals surface area (Å²) < 4.78 is 27.4. The lowest BCUT2D eigenvalue weighted by atomic mass is 10.1. The highest BCUT2D eigenvalue weighted by atomic mass is 35.5. The van der Waals surface area contributed by atoms with Gasteiger partial charge in [0, 0.05) is 5.02 Å². The molecule has 0 saturated heterocycles. The summed E-state index contributed by atoms with van der Waals surface area (Å²) in [4.78, 5) is 12.6. The molecule has 0 saturated carbocycles. The van der Waals surface area contributed by atoms with Crippen molar-refractivity contribution in [1.29, 1.82) is 0 Å². The highest BCUT2D eigenvalue weighted by Crippen LogP contribution is 2.25. The average molecular weight is 442 g/mol. The van der Waals surface area contributed by atoms with Crippen LogP contribution in [0.5, 0.6) is 0 Å². The predicted octanol–water partition coefficient (Wildman–Crippen LogP) is 4.08. The van der Waals surface area contributed by atoms with Gasteiger partial charge in [-0.1, -0.05) is 60.1 Å². The van der Waals surface area contributed by atoms with Crippen molar-refractivity contribution in [3.63, 3.8) is 0 Å². The maximum absolute atomic E-state index is 13.2. The molecule has 154 valence electrons. The molecule has 8 heteroatoms. The number of nitrogens with one attached hydrogen (secondary N) is 1. The molecule has 0 radical (unpaired) electrons. The third-order valence-corrected chi connectivity index (χ3v) is 6.31. The normalized spacial score (nSPS) is 11.7. The standard InChI is InChI=1S/C22H20ClN3O3S/c1-17(18-8-4-2-5-9-18)24-25-22(27)16-26(20-14-12-19(23)13-15-20)30(28,29)21-10-6-3-7-11-21/h2-15H,16H2,1H3,(H,25,27)/b24-17-. The second kappa shape index (κ2) is 9.56. The minimum absolute atomic E-state index is 0.0803. The Balaban J connectivity index is 1.86. The number of anilines is 1. The van der Waals surface area contributed by atoms with Gasteiger partial charge in [0.1, 0.15) is 6.54 Å². The van der Waals surface area contributed by atoms with E-state index in [1.165, 1.54) is 12.1 Å². The fourth-order valence-electron chi connectivity index (χ4n) is 2.70. The van der Waals surface area contributed by atoms with Gasteiger partial charge in [0.2, 0.25) is 0 Å². The van der Waals surface area contributed by atoms with Crippen molar-refractivity contribution in [2.24, 2.45) is 5.10 Å². The Morgan fingerprint density at radius 1 is 0.933 bits per heavy atom. The number of sulfonamides is 1. The first-order valence-electron chi connectivity index (χ1n) is 9.10. The summed E-state index contributed by atoms with van der Waals surface area (Å²) in [5.74, 6) is -0.570. The van der Waals surface area contributed by atoms with E-state index in [4.69, 9.17) is 11.6 Å². The number of hydrogen-bond donors (Lipinski definition) is 1. The lowest BCUT2D eigenvalue weighted by molar-refractivity contribution is -0.119. The average Bonchev–Trinajstić information content (AvgIpc) is 2.77. The Morgan fingerprint density at radius 3 is 2.10 bits per heavy atom. The molecule has 30 heavy (non-hydrogen) atoms. The minimum Gasteiger partial charge on any atom is -0.271 e. The maximum atomic E-state index is 13.2. The van der Waals surface area contributed by atoms with Crippen molar-refractivity contribution >= 4 is 38.9 Å². The smallest absolute Gasteiger partial charge is 0.264 e. The Bertz CT molecular complexity index is 1130. The zero-order chi connectivity index (χ0) is 21.6. The van der Waals surface area contributed by atoms with Crippen molar-refractivity contribution in [2.75, 3.05) is 10.8 Å². The topological polar surface area (TPSA) is 78.8 Å². The van der Waals surface area contributed by atoms with Gasteiger partial charge in [-0.05, 0) is 48.9 Å². The summed E-state index contributed by atoms with van der Waals surface area (Å²) in [7, 11) is -3.97. The quantitative estimate of drug-likeness (QED) is 0.443. The SMILES string of the molecule is C/C(=N/NC(=O)CN(c1ccc(Cl)cc1)S(=O)(=O)c1ccccc1)c1ccccc1. The molecule has 0 fully saturated rings. The molecule has 3 aromatic rings. The van der Waals surface area contributed by atoms with E-state index in [1.54, 1.807) is 49.4 Å². The van der Waals surface area contributed by atoms with Crippen molar-refractivity contribution in [1.82, 2.24) is 5.43 Å². The first-order chi connectivity index (χ1) is 14.4. The third kappa shape index (κ3) is 5.25. The molecule has 0 aromatic heterocycles. The Morgan fingerprint density at radius 2 is 1.50 bits per heavy atom. The van der Waals surface area contributed by atoms with E-state index >= 15 is 0 Å². The van der Waals surface area contributed by atoms with E-state index in [0.29, 0.717) is 16.4 Å². The maximum Gasteiger partial charge on any atom is 0.264 e. The van der Waals surface area contributed by atoms with E-state index in [9.17, 15) is 13.2 Å². The number of carbonyl (C=O) groups is 1. The van der Waals surface area contributed by atoms with Gasteiger partial charge in [-0.2, -0.15) is 5.10 Å². The highest BCUT2D eigenvalue weighted by Gasteiger charge is 2.27. The molecule has 0 heterocycles. The van der Waals surface area contributed by atoms with Crippen LogP contribution in [0.4, 0.5) is 5.69 Å². The third-order valence-electron chi connectivity index (χ3n) is 4.27. The molecule has 0 atom stereocenters. The number of amides is 1. The number of carbonyl (C=O) groups excluding carboxylic acids is 1. The van der Waals surface area contributed by atoms with Gasteiger partial charge in [0.25, 0.3) is 15.9 Å². The van der Waals surface area contributed by atoms with Crippen LogP contribution in [0.2, 0.25) is 5.02 Å². The summed E-state index contributed by atoms with van der Waals surface area (Å²) in [5.41, 5.74) is 4.21. The molecule has 0 aliphatic carbocycles. The van der Waals surface area contributed by atoms with Crippen molar-refractivity contribution < 1.29 is 13.2 Å². The first-order valence-corrected chi connectivity index (χ1v) is 10.9. The number of hydrazone groups is 1. The number of nitrogens with zero attached hydrogens (tertiary/aromatic N) is 2. The van der Waals surface area contributed by atoms with Crippen LogP contribution in [0, 0.1) is 0 Å². The van der Waals surface area contributed by atoms with Crippen LogP contribution in [0.1, 0.15) is 12.5 Å². The molecular formula is C22H20ClN3O3S. The van der Waals surface area contributed by atoms with Crippen LogP contribution < -0.4 is 9.73 Å². The molecule has 1 amide bonds. The van der Waals surface area contributed by atoms with E-state index in [2.05, 4.69) is 10.5 Å². The van der Waals surface area contributed by atoms with Gasteiger partial charge >= 0.3 is 0 Å². The Hall–Kier alpha value is -3.16. The largest absolute Gasteiger partial charge is 0.271 e. The molecule has 0 aliphatic heterocycles. The van der Waals surface area contributed by atoms with E-state index in [-0.39, 0.29) is 4.90 Å². The molecule has 6 nitrogen and oxygen atoms in total. The lowest BCUT2D eigenvalue weighted by Gasteiger charge is -2.23. The van der Waals surface area contributed by atoms with Crippen LogP contribution >= 0.6 is 11.6 Å². The van der Waals surface area contributed by atoms with Gasteiger partial charge in [0.05, 0.1) is 16.3 Å². The molecule has 3 rings (SSSR count). The van der Waals surface area contributed by atoms with E-state index in [0.717, 1.165) is 9.87 Å². The Labute approximate surface area is 180 Å². The number of halogens is 1. The second-order valence-electron chi connectivity index (χ2n) is 6.40. The molecule has 0 spiro atoms. The molecule has 0 bridgehead atoms. The van der Waals surface area contributed by atoms with Gasteiger partial charge in [0.15, 0.2) is 0 Å². The van der Waals surface area contributed by atoms with Crippen LogP contribution in [-0.4, -0.2) is 26.6 Å². The van der Waals surface area contributed by atoms with Gasteiger partial charge < -0.3 is 0 Å². The zero-order valence-corrected chi connectivity index (χ0v) is 17.8. The fraction of sp³-hybridized carbons (Fsp3) is 0.0909. The molecule has 3 aromatic carbocycles. The minimum atomic E-state index is -3.97. The van der Waals surface area contributed by atoms with E-state index in [1.807, 2.05) is 30.3 Å². The summed E-state index contributed by atoms with van der Waals surface area (Å²) in [6, 6.07) is 23.5. The number of benzene rings is 3. The first kappa shape index (κ1) is 21.5. The second-order valence-corrected chi connectivity index (χ2v) is 8.70. The van der Waals surface area contributed by atoms with Crippen molar-refractivity contribution in [3.8, 4) is 0 Å². The molecular weight excluding hydrogens is 422 g/mol. The van der Waals surface area contributed by atoms with Gasteiger partial charge in [-0.3, -0.25) is 9.10 Å². The number of rotatable bonds is 7. The summed E-state index contributed by atoms with van der Waals surface area (Å²) in [5, 5.41) is 4.55. The van der Waals surface area contributed by atoms with Crippen molar-refractivity contribution in [3.05, 3.63) is 95.5 Å². The van der Waals surface area contributed by atoms with Crippen LogP contribution in [0.15, 0.2) is 94.9 Å². The van der Waals surface area contributed by atoms with Crippen LogP contribution in [-0.2, 0) is 14.8 Å².